The van der Waals surface area contributed by atoms with Crippen LogP contribution in [0.4, 0.5) is 8.78 Å². The van der Waals surface area contributed by atoms with Crippen LogP contribution in [0.2, 0.25) is 0 Å². The van der Waals surface area contributed by atoms with Crippen molar-refractivity contribution in [3.8, 4) is 5.75 Å². The topological polar surface area (TPSA) is 41.6 Å². The first-order chi connectivity index (χ1) is 9.56. The van der Waals surface area contributed by atoms with Gasteiger partial charge in [0.1, 0.15) is 5.75 Å². The van der Waals surface area contributed by atoms with Crippen molar-refractivity contribution in [3.63, 3.8) is 0 Å². The summed E-state index contributed by atoms with van der Waals surface area (Å²) in [5.74, 6) is 0.0897. The van der Waals surface area contributed by atoms with Gasteiger partial charge < -0.3 is 15.0 Å². The number of nitrogens with zero attached hydrogens (tertiary/aromatic N) is 1. The lowest BCUT2D eigenvalue weighted by Gasteiger charge is -2.34. The number of hydrogen-bond acceptors (Lipinski definition) is 3. The van der Waals surface area contributed by atoms with Crippen LogP contribution in [0.25, 0.3) is 0 Å². The molecule has 1 atom stereocenters. The third-order valence-corrected chi connectivity index (χ3v) is 3.30. The number of nitrogens with one attached hydrogen (secondary N) is 1. The fourth-order valence-corrected chi connectivity index (χ4v) is 2.32. The third kappa shape index (κ3) is 3.90. The van der Waals surface area contributed by atoms with E-state index in [1.54, 1.807) is 12.1 Å². The van der Waals surface area contributed by atoms with Crippen LogP contribution >= 0.6 is 0 Å². The van der Waals surface area contributed by atoms with E-state index in [2.05, 4.69) is 10.1 Å². The van der Waals surface area contributed by atoms with Crippen molar-refractivity contribution in [2.24, 2.45) is 0 Å². The monoisotopic (exact) mass is 284 g/mol. The standard InChI is InChI=1S/C14H18F2N2O2/c1-10-9-17-5-6-18(10)13(19)8-11-3-2-4-12(7-11)20-14(15)16/h2-4,7,10,14,17H,5-6,8-9H2,1H3/t10-/m1/s1. The molecule has 0 radical (unpaired) electrons. The minimum Gasteiger partial charge on any atom is -0.435 e. The van der Waals surface area contributed by atoms with Crippen LogP contribution in [0.5, 0.6) is 5.75 Å². The van der Waals surface area contributed by atoms with Crippen molar-refractivity contribution in [1.82, 2.24) is 10.2 Å². The maximum absolute atomic E-state index is 12.2. The molecule has 1 fully saturated rings. The molecule has 2 rings (SSSR count). The van der Waals surface area contributed by atoms with Crippen LogP contribution in [0.3, 0.4) is 0 Å². The maximum atomic E-state index is 12.2. The van der Waals surface area contributed by atoms with E-state index in [-0.39, 0.29) is 24.1 Å². The molecular weight excluding hydrogens is 266 g/mol. The fraction of sp³-hybridized carbons (Fsp3) is 0.500. The molecule has 1 saturated heterocycles. The van der Waals surface area contributed by atoms with Crippen molar-refractivity contribution in [1.29, 1.82) is 0 Å². The average Bonchev–Trinajstić information content (AvgIpc) is 2.38. The maximum Gasteiger partial charge on any atom is 0.387 e. The molecule has 0 saturated carbocycles. The highest BCUT2D eigenvalue weighted by atomic mass is 19.3. The zero-order chi connectivity index (χ0) is 14.5. The Balaban J connectivity index is 2.00. The highest BCUT2D eigenvalue weighted by Crippen LogP contribution is 2.17. The van der Waals surface area contributed by atoms with Crippen LogP contribution in [-0.4, -0.2) is 43.1 Å². The Hall–Kier alpha value is -1.69. The largest absolute Gasteiger partial charge is 0.435 e. The van der Waals surface area contributed by atoms with Gasteiger partial charge in [-0.15, -0.1) is 0 Å². The van der Waals surface area contributed by atoms with E-state index < -0.39 is 6.61 Å². The molecule has 20 heavy (non-hydrogen) atoms. The van der Waals surface area contributed by atoms with Gasteiger partial charge in [-0.3, -0.25) is 4.79 Å². The minimum absolute atomic E-state index is 0.00759. The molecule has 1 aliphatic heterocycles. The third-order valence-electron chi connectivity index (χ3n) is 3.30. The minimum atomic E-state index is -2.85. The number of carbonyl (C=O) groups is 1. The summed E-state index contributed by atoms with van der Waals surface area (Å²) >= 11 is 0. The summed E-state index contributed by atoms with van der Waals surface area (Å²) in [7, 11) is 0. The molecule has 1 N–H and O–H groups in total. The molecule has 0 aliphatic carbocycles. The molecule has 0 aromatic heterocycles. The Kier molecular flexibility index (Phi) is 4.89. The SMILES string of the molecule is C[C@@H]1CNCCN1C(=O)Cc1cccc(OC(F)F)c1. The van der Waals surface area contributed by atoms with Gasteiger partial charge in [0.2, 0.25) is 5.91 Å². The lowest BCUT2D eigenvalue weighted by atomic mass is 10.1. The lowest BCUT2D eigenvalue weighted by molar-refractivity contribution is -0.133. The number of alkyl halides is 2. The molecule has 1 aliphatic rings. The number of amides is 1. The number of benzene rings is 1. The zero-order valence-electron chi connectivity index (χ0n) is 11.3. The Labute approximate surface area is 116 Å². The van der Waals surface area contributed by atoms with Crippen LogP contribution in [0.1, 0.15) is 12.5 Å². The predicted octanol–water partition coefficient (Wildman–Crippen LogP) is 1.65. The summed E-state index contributed by atoms with van der Waals surface area (Å²) < 4.78 is 28.6. The molecule has 110 valence electrons. The number of halogens is 2. The van der Waals surface area contributed by atoms with Gasteiger partial charge in [-0.1, -0.05) is 12.1 Å². The fourth-order valence-electron chi connectivity index (χ4n) is 2.32. The smallest absolute Gasteiger partial charge is 0.387 e. The highest BCUT2D eigenvalue weighted by Gasteiger charge is 2.22. The van der Waals surface area contributed by atoms with E-state index in [4.69, 9.17) is 0 Å². The van der Waals surface area contributed by atoms with Crippen LogP contribution in [0, 0.1) is 0 Å². The molecule has 0 spiro atoms. The number of carbonyl (C=O) groups excluding carboxylic acids is 1. The van der Waals surface area contributed by atoms with Crippen LogP contribution < -0.4 is 10.1 Å². The first-order valence-corrected chi connectivity index (χ1v) is 6.60. The van der Waals surface area contributed by atoms with E-state index in [0.29, 0.717) is 12.1 Å². The number of piperazine rings is 1. The second-order valence-electron chi connectivity index (χ2n) is 4.84. The van der Waals surface area contributed by atoms with Crippen molar-refractivity contribution < 1.29 is 18.3 Å². The number of rotatable bonds is 4. The van der Waals surface area contributed by atoms with Crippen LogP contribution in [-0.2, 0) is 11.2 Å². The van der Waals surface area contributed by atoms with Gasteiger partial charge in [-0.05, 0) is 24.6 Å². The summed E-state index contributed by atoms with van der Waals surface area (Å²) in [5, 5.41) is 3.22. The summed E-state index contributed by atoms with van der Waals surface area (Å²) in [5.41, 5.74) is 0.680. The van der Waals surface area contributed by atoms with E-state index in [9.17, 15) is 13.6 Å². The Morgan fingerprint density at radius 1 is 1.55 bits per heavy atom. The molecule has 1 amide bonds. The molecule has 1 aromatic carbocycles. The molecule has 4 nitrogen and oxygen atoms in total. The van der Waals surface area contributed by atoms with Gasteiger partial charge in [0.15, 0.2) is 0 Å². The van der Waals surface area contributed by atoms with E-state index in [1.165, 1.54) is 12.1 Å². The first kappa shape index (κ1) is 14.7. The van der Waals surface area contributed by atoms with Gasteiger partial charge >= 0.3 is 6.61 Å². The Morgan fingerprint density at radius 3 is 3.05 bits per heavy atom. The second-order valence-corrected chi connectivity index (χ2v) is 4.84. The van der Waals surface area contributed by atoms with Gasteiger partial charge in [0.25, 0.3) is 0 Å². The highest BCUT2D eigenvalue weighted by molar-refractivity contribution is 5.79. The van der Waals surface area contributed by atoms with Gasteiger partial charge in [-0.25, -0.2) is 0 Å². The quantitative estimate of drug-likeness (QED) is 0.914. The molecule has 1 aromatic rings. The Bertz CT molecular complexity index is 468. The normalized spacial score (nSPS) is 19.2. The van der Waals surface area contributed by atoms with Crippen molar-refractivity contribution in [2.45, 2.75) is 26.0 Å². The van der Waals surface area contributed by atoms with Crippen molar-refractivity contribution >= 4 is 5.91 Å². The lowest BCUT2D eigenvalue weighted by Crippen LogP contribution is -2.52. The summed E-state index contributed by atoms with van der Waals surface area (Å²) in [6, 6.07) is 6.44. The van der Waals surface area contributed by atoms with E-state index in [1.807, 2.05) is 11.8 Å². The first-order valence-electron chi connectivity index (χ1n) is 6.60. The van der Waals surface area contributed by atoms with Gasteiger partial charge in [-0.2, -0.15) is 8.78 Å². The molecule has 6 heteroatoms. The molecule has 0 bridgehead atoms. The molecular formula is C14H18F2N2O2. The van der Waals surface area contributed by atoms with Crippen molar-refractivity contribution in [2.75, 3.05) is 19.6 Å². The molecule has 0 unspecified atom stereocenters. The van der Waals surface area contributed by atoms with E-state index >= 15 is 0 Å². The average molecular weight is 284 g/mol. The van der Waals surface area contributed by atoms with E-state index in [0.717, 1.165) is 13.1 Å². The number of hydrogen-bond donors (Lipinski definition) is 1. The van der Waals surface area contributed by atoms with Gasteiger partial charge in [0, 0.05) is 25.7 Å². The zero-order valence-corrected chi connectivity index (χ0v) is 11.3. The second kappa shape index (κ2) is 6.65. The van der Waals surface area contributed by atoms with Crippen LogP contribution in [0.15, 0.2) is 24.3 Å². The summed E-state index contributed by atoms with van der Waals surface area (Å²) in [6.45, 7) is 1.37. The summed E-state index contributed by atoms with van der Waals surface area (Å²) in [6.07, 6.45) is 0.199. The summed E-state index contributed by atoms with van der Waals surface area (Å²) in [4.78, 5) is 14.0. The van der Waals surface area contributed by atoms with Gasteiger partial charge in [0.05, 0.1) is 6.42 Å². The number of ether oxygens (including phenoxy) is 1. The molecule has 1 heterocycles. The predicted molar refractivity (Wildman–Crippen MR) is 70.8 cm³/mol. The van der Waals surface area contributed by atoms with Crippen molar-refractivity contribution in [3.05, 3.63) is 29.8 Å². The Morgan fingerprint density at radius 2 is 2.35 bits per heavy atom.